The highest BCUT2D eigenvalue weighted by Crippen LogP contribution is 2.07. The molecular weight excluding hydrogens is 260 g/mol. The molecule has 0 atom stereocenters. The van der Waals surface area contributed by atoms with Crippen LogP contribution in [0.25, 0.3) is 0 Å². The van der Waals surface area contributed by atoms with E-state index in [1.165, 1.54) is 0 Å². The zero-order valence-electron chi connectivity index (χ0n) is 9.83. The number of hydrogen-bond donors (Lipinski definition) is 2. The largest absolute Gasteiger partial charge is 0.477 e. The molecule has 2 heterocycles. The summed E-state index contributed by atoms with van der Waals surface area (Å²) in [6, 6.07) is -0.349. The summed E-state index contributed by atoms with van der Waals surface area (Å²) in [5, 5.41) is 11.9. The van der Waals surface area contributed by atoms with Gasteiger partial charge in [0.1, 0.15) is 0 Å². The van der Waals surface area contributed by atoms with Crippen LogP contribution in [0, 0.1) is 6.92 Å². The Balaban J connectivity index is 0.000000180. The molecule has 0 radical (unpaired) electrons. The van der Waals surface area contributed by atoms with E-state index < -0.39 is 5.97 Å². The monoisotopic (exact) mass is 274 g/mol. The number of primary amides is 1. The van der Waals surface area contributed by atoms with Gasteiger partial charge in [-0.25, -0.2) is 9.59 Å². The average molecular weight is 274 g/mol. The number of aryl methyl sites for hydroxylation is 1. The molecule has 1 aliphatic heterocycles. The number of carbonyl (C=O) groups excluding carboxylic acids is 1. The van der Waals surface area contributed by atoms with Crippen LogP contribution in [-0.2, 0) is 4.74 Å². The molecule has 8 nitrogen and oxygen atoms in total. The topological polar surface area (TPSA) is 119 Å². The molecular formula is C9H14N4O4S. The normalized spacial score (nSPS) is 14.6. The lowest BCUT2D eigenvalue weighted by molar-refractivity contribution is 0.0554. The summed E-state index contributed by atoms with van der Waals surface area (Å²) in [5.41, 5.74) is 5.48. The second kappa shape index (κ2) is 6.87. The van der Waals surface area contributed by atoms with Crippen molar-refractivity contribution in [1.29, 1.82) is 0 Å². The van der Waals surface area contributed by atoms with Gasteiger partial charge in [0, 0.05) is 13.1 Å². The van der Waals surface area contributed by atoms with Gasteiger partial charge in [0.05, 0.1) is 18.9 Å². The summed E-state index contributed by atoms with van der Waals surface area (Å²) in [4.78, 5) is 22.5. The SMILES string of the molecule is Cc1nnsc1C(=O)O.NC(=O)N1CCOCC1. The predicted octanol–water partition coefficient (Wildman–Crippen LogP) is -0.0580. The van der Waals surface area contributed by atoms with E-state index >= 15 is 0 Å². The van der Waals surface area contributed by atoms with Crippen molar-refractivity contribution < 1.29 is 19.4 Å². The number of nitrogens with two attached hydrogens (primary N) is 1. The summed E-state index contributed by atoms with van der Waals surface area (Å²) in [6.45, 7) is 4.11. The van der Waals surface area contributed by atoms with Crippen molar-refractivity contribution >= 4 is 23.5 Å². The number of rotatable bonds is 1. The Labute approximate surface area is 108 Å². The lowest BCUT2D eigenvalue weighted by Crippen LogP contribution is -2.43. The molecule has 1 saturated heterocycles. The molecule has 0 bridgehead atoms. The van der Waals surface area contributed by atoms with Crippen LogP contribution in [0.3, 0.4) is 0 Å². The van der Waals surface area contributed by atoms with Gasteiger partial charge in [-0.3, -0.25) is 0 Å². The Kier molecular flexibility index (Phi) is 5.46. The molecule has 0 saturated carbocycles. The van der Waals surface area contributed by atoms with Crippen LogP contribution in [-0.4, -0.2) is 57.9 Å². The minimum atomic E-state index is -0.956. The average Bonchev–Trinajstić information content (AvgIpc) is 2.77. The summed E-state index contributed by atoms with van der Waals surface area (Å²) in [6.07, 6.45) is 0. The molecule has 0 unspecified atom stereocenters. The Morgan fingerprint density at radius 1 is 1.44 bits per heavy atom. The van der Waals surface area contributed by atoms with Gasteiger partial charge in [0.15, 0.2) is 4.88 Å². The number of hydrogen-bond acceptors (Lipinski definition) is 6. The zero-order chi connectivity index (χ0) is 13.5. The molecule has 2 amide bonds. The first-order valence-electron chi connectivity index (χ1n) is 5.16. The van der Waals surface area contributed by atoms with Crippen LogP contribution in [0.4, 0.5) is 4.79 Å². The molecule has 1 aromatic rings. The molecule has 100 valence electrons. The number of carboxylic acids is 1. The fourth-order valence-electron chi connectivity index (χ4n) is 1.21. The van der Waals surface area contributed by atoms with Crippen molar-refractivity contribution in [2.75, 3.05) is 26.3 Å². The predicted molar refractivity (Wildman–Crippen MR) is 63.6 cm³/mol. The summed E-state index contributed by atoms with van der Waals surface area (Å²) >= 11 is 0.897. The lowest BCUT2D eigenvalue weighted by atomic mass is 10.4. The van der Waals surface area contributed by atoms with E-state index in [1.54, 1.807) is 11.8 Å². The second-order valence-electron chi connectivity index (χ2n) is 3.43. The number of aromatic nitrogens is 2. The maximum absolute atomic E-state index is 10.4. The van der Waals surface area contributed by atoms with Crippen LogP contribution in [0.2, 0.25) is 0 Å². The number of urea groups is 1. The van der Waals surface area contributed by atoms with Crippen LogP contribution < -0.4 is 5.73 Å². The van der Waals surface area contributed by atoms with E-state index in [4.69, 9.17) is 15.6 Å². The summed E-state index contributed by atoms with van der Waals surface area (Å²) < 4.78 is 8.45. The third-order valence-corrected chi connectivity index (χ3v) is 2.98. The Bertz CT molecular complexity index is 416. The van der Waals surface area contributed by atoms with Gasteiger partial charge in [-0.1, -0.05) is 4.49 Å². The number of morpholine rings is 1. The van der Waals surface area contributed by atoms with E-state index in [0.717, 1.165) is 11.5 Å². The lowest BCUT2D eigenvalue weighted by Gasteiger charge is -2.24. The highest BCUT2D eigenvalue weighted by Gasteiger charge is 2.12. The van der Waals surface area contributed by atoms with Gasteiger partial charge in [-0.2, -0.15) is 0 Å². The number of ether oxygens (including phenoxy) is 1. The van der Waals surface area contributed by atoms with E-state index in [9.17, 15) is 9.59 Å². The van der Waals surface area contributed by atoms with E-state index in [-0.39, 0.29) is 10.9 Å². The summed E-state index contributed by atoms with van der Waals surface area (Å²) in [5.74, 6) is -0.956. The van der Waals surface area contributed by atoms with Crippen LogP contribution >= 0.6 is 11.5 Å². The minimum absolute atomic E-state index is 0.218. The molecule has 2 rings (SSSR count). The highest BCUT2D eigenvalue weighted by atomic mass is 32.1. The van der Waals surface area contributed by atoms with Gasteiger partial charge in [-0.05, 0) is 18.5 Å². The number of carbonyl (C=O) groups is 2. The quantitative estimate of drug-likeness (QED) is 0.740. The highest BCUT2D eigenvalue weighted by molar-refractivity contribution is 7.07. The number of amides is 2. The maximum Gasteiger partial charge on any atom is 0.349 e. The first-order chi connectivity index (χ1) is 8.52. The van der Waals surface area contributed by atoms with E-state index in [0.29, 0.717) is 32.0 Å². The molecule has 0 aliphatic carbocycles. The molecule has 9 heteroatoms. The van der Waals surface area contributed by atoms with Gasteiger partial charge < -0.3 is 20.5 Å². The van der Waals surface area contributed by atoms with Crippen LogP contribution in [0.1, 0.15) is 15.4 Å². The standard InChI is InChI=1S/C5H10N2O2.C4H4N2O2S/c6-5(8)7-1-3-9-4-2-7;1-2-3(4(7)8)9-6-5-2/h1-4H2,(H2,6,8);1H3,(H,7,8). The van der Waals surface area contributed by atoms with Crippen LogP contribution in [0.5, 0.6) is 0 Å². The molecule has 1 aliphatic rings. The van der Waals surface area contributed by atoms with Gasteiger partial charge in [-0.15, -0.1) is 5.10 Å². The van der Waals surface area contributed by atoms with Crippen molar-refractivity contribution in [1.82, 2.24) is 14.5 Å². The van der Waals surface area contributed by atoms with Crippen molar-refractivity contribution in [3.05, 3.63) is 10.6 Å². The third kappa shape index (κ3) is 4.26. The van der Waals surface area contributed by atoms with Crippen LogP contribution in [0.15, 0.2) is 0 Å². The fourth-order valence-corrected chi connectivity index (χ4v) is 1.71. The van der Waals surface area contributed by atoms with E-state index in [2.05, 4.69) is 9.59 Å². The zero-order valence-corrected chi connectivity index (χ0v) is 10.6. The third-order valence-electron chi connectivity index (χ3n) is 2.17. The number of aromatic carboxylic acids is 1. The minimum Gasteiger partial charge on any atom is -0.477 e. The van der Waals surface area contributed by atoms with Gasteiger partial charge in [0.25, 0.3) is 0 Å². The van der Waals surface area contributed by atoms with Gasteiger partial charge in [0.2, 0.25) is 0 Å². The molecule has 0 spiro atoms. The first-order valence-corrected chi connectivity index (χ1v) is 5.94. The van der Waals surface area contributed by atoms with Crippen molar-refractivity contribution in [2.45, 2.75) is 6.92 Å². The molecule has 18 heavy (non-hydrogen) atoms. The fraction of sp³-hybridized carbons (Fsp3) is 0.556. The van der Waals surface area contributed by atoms with Crippen molar-refractivity contribution in [2.24, 2.45) is 5.73 Å². The molecule has 1 fully saturated rings. The first kappa shape index (κ1) is 14.3. The van der Waals surface area contributed by atoms with Crippen molar-refractivity contribution in [3.63, 3.8) is 0 Å². The molecule has 1 aromatic heterocycles. The van der Waals surface area contributed by atoms with Crippen molar-refractivity contribution in [3.8, 4) is 0 Å². The number of carboxylic acid groups (broad SMARTS) is 1. The Morgan fingerprint density at radius 3 is 2.33 bits per heavy atom. The van der Waals surface area contributed by atoms with E-state index in [1.807, 2.05) is 0 Å². The molecule has 3 N–H and O–H groups in total. The maximum atomic E-state index is 10.4. The Hall–Kier alpha value is -1.74. The van der Waals surface area contributed by atoms with Gasteiger partial charge >= 0.3 is 12.0 Å². The smallest absolute Gasteiger partial charge is 0.349 e. The second-order valence-corrected chi connectivity index (χ2v) is 4.18. The summed E-state index contributed by atoms with van der Waals surface area (Å²) in [7, 11) is 0. The molecule has 0 aromatic carbocycles. The Morgan fingerprint density at radius 2 is 2.06 bits per heavy atom. The number of nitrogens with zero attached hydrogens (tertiary/aromatic N) is 3.